The Bertz CT molecular complexity index is 324. The highest BCUT2D eigenvalue weighted by molar-refractivity contribution is 7.91. The van der Waals surface area contributed by atoms with Crippen LogP contribution in [0.2, 0.25) is 0 Å². The van der Waals surface area contributed by atoms with Crippen LogP contribution in [0, 0.1) is 0 Å². The van der Waals surface area contributed by atoms with Gasteiger partial charge in [-0.2, -0.15) is 0 Å². The summed E-state index contributed by atoms with van der Waals surface area (Å²) in [4.78, 5) is 11.4. The molecule has 0 radical (unpaired) electrons. The van der Waals surface area contributed by atoms with Crippen LogP contribution in [0.15, 0.2) is 0 Å². The first-order valence-electron chi connectivity index (χ1n) is 5.14. The largest absolute Gasteiger partial charge is 0.352 e. The lowest BCUT2D eigenvalue weighted by Gasteiger charge is -2.11. The van der Waals surface area contributed by atoms with E-state index in [9.17, 15) is 13.2 Å². The van der Waals surface area contributed by atoms with Gasteiger partial charge in [-0.1, -0.05) is 0 Å². The van der Waals surface area contributed by atoms with Gasteiger partial charge >= 0.3 is 0 Å². The van der Waals surface area contributed by atoms with Crippen LogP contribution in [-0.2, 0) is 14.6 Å². The van der Waals surface area contributed by atoms with Crippen molar-refractivity contribution in [2.24, 2.45) is 5.73 Å². The first-order chi connectivity index (χ1) is 6.89. The van der Waals surface area contributed by atoms with Crippen LogP contribution in [0.3, 0.4) is 0 Å². The lowest BCUT2D eigenvalue weighted by molar-refractivity contribution is -0.121. The summed E-state index contributed by atoms with van der Waals surface area (Å²) >= 11 is 0. The summed E-state index contributed by atoms with van der Waals surface area (Å²) in [5, 5.41) is 2.72. The second kappa shape index (κ2) is 4.94. The monoisotopic (exact) mass is 234 g/mol. The second-order valence-corrected chi connectivity index (χ2v) is 6.41. The molecule has 1 fully saturated rings. The lowest BCUT2D eigenvalue weighted by Crippen LogP contribution is -2.36. The van der Waals surface area contributed by atoms with Crippen molar-refractivity contribution in [1.82, 2.24) is 5.32 Å². The molecule has 1 aliphatic heterocycles. The van der Waals surface area contributed by atoms with Gasteiger partial charge in [0.2, 0.25) is 5.91 Å². The minimum absolute atomic E-state index is 0.00283. The molecule has 0 spiro atoms. The summed E-state index contributed by atoms with van der Waals surface area (Å²) in [6.07, 6.45) is 1.53. The Kier molecular flexibility index (Phi) is 4.10. The molecule has 1 aliphatic rings. The minimum Gasteiger partial charge on any atom is -0.352 e. The van der Waals surface area contributed by atoms with E-state index in [4.69, 9.17) is 5.73 Å². The normalized spacial score (nSPS) is 26.1. The zero-order valence-electron chi connectivity index (χ0n) is 8.90. The van der Waals surface area contributed by atoms with Gasteiger partial charge in [-0.05, 0) is 19.8 Å². The molecule has 1 saturated heterocycles. The number of sulfone groups is 1. The first kappa shape index (κ1) is 12.4. The van der Waals surface area contributed by atoms with Gasteiger partial charge in [0.05, 0.1) is 11.5 Å². The molecular weight excluding hydrogens is 216 g/mol. The summed E-state index contributed by atoms with van der Waals surface area (Å²) in [5.41, 5.74) is 5.52. The minimum atomic E-state index is -2.91. The number of nitrogens with one attached hydrogen (secondary N) is 1. The van der Waals surface area contributed by atoms with Gasteiger partial charge in [0, 0.05) is 18.5 Å². The number of carbonyl (C=O) groups is 1. The lowest BCUT2D eigenvalue weighted by atomic mass is 10.2. The smallest absolute Gasteiger partial charge is 0.220 e. The van der Waals surface area contributed by atoms with Gasteiger partial charge in [0.25, 0.3) is 0 Å². The molecule has 1 heterocycles. The average Bonchev–Trinajstić information content (AvgIpc) is 2.42. The van der Waals surface area contributed by atoms with Crippen molar-refractivity contribution >= 4 is 15.7 Å². The van der Waals surface area contributed by atoms with Crippen LogP contribution in [0.1, 0.15) is 26.2 Å². The SMILES string of the molecule is CC(N)CCC(=O)NC1CCS(=O)(=O)C1. The molecule has 15 heavy (non-hydrogen) atoms. The van der Waals surface area contributed by atoms with Crippen molar-refractivity contribution in [3.05, 3.63) is 0 Å². The standard InChI is InChI=1S/C9H18N2O3S/c1-7(10)2-3-9(12)11-8-4-5-15(13,14)6-8/h7-8H,2-6,10H2,1H3,(H,11,12). The van der Waals surface area contributed by atoms with E-state index in [0.717, 1.165) is 0 Å². The van der Waals surface area contributed by atoms with E-state index in [1.165, 1.54) is 0 Å². The highest BCUT2D eigenvalue weighted by Crippen LogP contribution is 2.11. The number of hydrogen-bond acceptors (Lipinski definition) is 4. The average molecular weight is 234 g/mol. The van der Waals surface area contributed by atoms with Crippen molar-refractivity contribution in [3.63, 3.8) is 0 Å². The zero-order chi connectivity index (χ0) is 11.5. The third kappa shape index (κ3) is 4.61. The number of amides is 1. The fraction of sp³-hybridized carbons (Fsp3) is 0.889. The Morgan fingerprint density at radius 3 is 2.73 bits per heavy atom. The molecule has 0 aliphatic carbocycles. The predicted molar refractivity (Wildman–Crippen MR) is 58.1 cm³/mol. The highest BCUT2D eigenvalue weighted by atomic mass is 32.2. The maximum absolute atomic E-state index is 11.4. The van der Waals surface area contributed by atoms with E-state index in [1.807, 2.05) is 6.92 Å². The zero-order valence-corrected chi connectivity index (χ0v) is 9.72. The van der Waals surface area contributed by atoms with Crippen molar-refractivity contribution in [3.8, 4) is 0 Å². The molecular formula is C9H18N2O3S. The van der Waals surface area contributed by atoms with Crippen molar-refractivity contribution in [2.75, 3.05) is 11.5 Å². The summed E-state index contributed by atoms with van der Waals surface area (Å²) in [6, 6.07) is -0.196. The number of nitrogens with two attached hydrogens (primary N) is 1. The van der Waals surface area contributed by atoms with Crippen LogP contribution in [-0.4, -0.2) is 37.9 Å². The Morgan fingerprint density at radius 2 is 2.27 bits per heavy atom. The molecule has 88 valence electrons. The van der Waals surface area contributed by atoms with Gasteiger partial charge < -0.3 is 11.1 Å². The quantitative estimate of drug-likeness (QED) is 0.681. The summed E-state index contributed by atoms with van der Waals surface area (Å²) in [7, 11) is -2.91. The Labute approximate surface area is 90.3 Å². The van der Waals surface area contributed by atoms with Crippen LogP contribution in [0.25, 0.3) is 0 Å². The number of rotatable bonds is 4. The van der Waals surface area contributed by atoms with Gasteiger partial charge in [-0.15, -0.1) is 0 Å². The van der Waals surface area contributed by atoms with Crippen molar-refractivity contribution in [1.29, 1.82) is 0 Å². The summed E-state index contributed by atoms with van der Waals surface area (Å²) in [5.74, 6) is 0.164. The fourth-order valence-corrected chi connectivity index (χ4v) is 3.24. The maximum atomic E-state index is 11.4. The van der Waals surface area contributed by atoms with Crippen molar-refractivity contribution < 1.29 is 13.2 Å². The molecule has 3 N–H and O–H groups in total. The third-order valence-corrected chi connectivity index (χ3v) is 4.19. The topological polar surface area (TPSA) is 89.3 Å². The van der Waals surface area contributed by atoms with E-state index >= 15 is 0 Å². The molecule has 0 bridgehead atoms. The van der Waals surface area contributed by atoms with Gasteiger partial charge in [-0.25, -0.2) is 8.42 Å². The van der Waals surface area contributed by atoms with E-state index in [2.05, 4.69) is 5.32 Å². The van der Waals surface area contributed by atoms with E-state index < -0.39 is 9.84 Å². The maximum Gasteiger partial charge on any atom is 0.220 e. The van der Waals surface area contributed by atoms with Crippen LogP contribution in [0.5, 0.6) is 0 Å². The molecule has 2 atom stereocenters. The third-order valence-electron chi connectivity index (χ3n) is 2.42. The highest BCUT2D eigenvalue weighted by Gasteiger charge is 2.28. The number of carbonyl (C=O) groups excluding carboxylic acids is 1. The molecule has 0 aromatic heterocycles. The fourth-order valence-electron chi connectivity index (χ4n) is 1.57. The van der Waals surface area contributed by atoms with Crippen LogP contribution < -0.4 is 11.1 Å². The molecule has 6 heteroatoms. The molecule has 2 unspecified atom stereocenters. The second-order valence-electron chi connectivity index (χ2n) is 4.18. The van der Waals surface area contributed by atoms with Gasteiger partial charge in [0.1, 0.15) is 0 Å². The Morgan fingerprint density at radius 1 is 1.60 bits per heavy atom. The molecule has 1 rings (SSSR count). The Balaban J connectivity index is 2.28. The van der Waals surface area contributed by atoms with Gasteiger partial charge in [0.15, 0.2) is 9.84 Å². The molecule has 5 nitrogen and oxygen atoms in total. The van der Waals surface area contributed by atoms with E-state index in [1.54, 1.807) is 0 Å². The van der Waals surface area contributed by atoms with E-state index in [-0.39, 0.29) is 29.5 Å². The molecule has 0 aromatic carbocycles. The van der Waals surface area contributed by atoms with E-state index in [0.29, 0.717) is 19.3 Å². The number of hydrogen-bond donors (Lipinski definition) is 2. The predicted octanol–water partition coefficient (Wildman–Crippen LogP) is -0.583. The Hall–Kier alpha value is -0.620. The summed E-state index contributed by atoms with van der Waals surface area (Å²) in [6.45, 7) is 1.84. The van der Waals surface area contributed by atoms with Crippen molar-refractivity contribution in [2.45, 2.75) is 38.3 Å². The van der Waals surface area contributed by atoms with Crippen LogP contribution >= 0.6 is 0 Å². The molecule has 0 aromatic rings. The molecule has 1 amide bonds. The van der Waals surface area contributed by atoms with Gasteiger partial charge in [-0.3, -0.25) is 4.79 Å². The summed E-state index contributed by atoms with van der Waals surface area (Å²) < 4.78 is 22.2. The van der Waals surface area contributed by atoms with Crippen LogP contribution in [0.4, 0.5) is 0 Å². The first-order valence-corrected chi connectivity index (χ1v) is 6.96. The molecule has 0 saturated carbocycles.